The molecule has 0 bridgehead atoms. The van der Waals surface area contributed by atoms with Crippen molar-refractivity contribution in [1.29, 1.82) is 0 Å². The van der Waals surface area contributed by atoms with E-state index in [4.69, 9.17) is 14.9 Å². The molecule has 1 aliphatic rings. The van der Waals surface area contributed by atoms with E-state index in [1.54, 1.807) is 12.5 Å². The summed E-state index contributed by atoms with van der Waals surface area (Å²) in [6.45, 7) is 1.56. The summed E-state index contributed by atoms with van der Waals surface area (Å²) in [7, 11) is 0. The largest absolute Gasteiger partial charge is 0.472 e. The van der Waals surface area contributed by atoms with Crippen molar-refractivity contribution in [3.8, 4) is 0 Å². The number of hydrogen-bond donors (Lipinski definition) is 2. The van der Waals surface area contributed by atoms with E-state index in [9.17, 15) is 4.79 Å². The highest BCUT2D eigenvalue weighted by molar-refractivity contribution is 5.86. The van der Waals surface area contributed by atoms with Crippen LogP contribution < -0.4 is 11.1 Å². The first-order chi connectivity index (χ1) is 7.71. The van der Waals surface area contributed by atoms with Crippen LogP contribution in [0.4, 0.5) is 0 Å². The summed E-state index contributed by atoms with van der Waals surface area (Å²) in [5.74, 6) is -0.114. The van der Waals surface area contributed by atoms with Gasteiger partial charge in [-0.3, -0.25) is 4.79 Å². The summed E-state index contributed by atoms with van der Waals surface area (Å²) in [5, 5.41) is 2.82. The standard InChI is InChI=1S/C11H16N2O3/c12-11(2-5-15-6-3-11)10(14)13-7-9-1-4-16-8-9/h1,4,8H,2-3,5-7,12H2,(H,13,14). The van der Waals surface area contributed by atoms with E-state index in [0.29, 0.717) is 32.6 Å². The number of furan rings is 1. The number of nitrogens with one attached hydrogen (secondary N) is 1. The van der Waals surface area contributed by atoms with E-state index in [1.807, 2.05) is 6.07 Å². The van der Waals surface area contributed by atoms with Crippen LogP contribution in [0, 0.1) is 0 Å². The fourth-order valence-electron chi connectivity index (χ4n) is 1.71. The predicted octanol–water partition coefficient (Wildman–Crippen LogP) is 0.404. The molecule has 1 fully saturated rings. The lowest BCUT2D eigenvalue weighted by Gasteiger charge is -2.31. The smallest absolute Gasteiger partial charge is 0.240 e. The Bertz CT molecular complexity index is 342. The van der Waals surface area contributed by atoms with Gasteiger partial charge in [-0.1, -0.05) is 0 Å². The van der Waals surface area contributed by atoms with Crippen LogP contribution in [0.15, 0.2) is 23.0 Å². The summed E-state index contributed by atoms with van der Waals surface area (Å²) in [4.78, 5) is 11.9. The number of carbonyl (C=O) groups excluding carboxylic acids is 1. The first-order valence-electron chi connectivity index (χ1n) is 5.37. The van der Waals surface area contributed by atoms with Gasteiger partial charge in [0.05, 0.1) is 18.1 Å². The number of nitrogens with two attached hydrogens (primary N) is 1. The molecular formula is C11H16N2O3. The summed E-state index contributed by atoms with van der Waals surface area (Å²) in [6.07, 6.45) is 4.33. The van der Waals surface area contributed by atoms with E-state index in [1.165, 1.54) is 0 Å². The van der Waals surface area contributed by atoms with Crippen molar-refractivity contribution < 1.29 is 13.9 Å². The average molecular weight is 224 g/mol. The quantitative estimate of drug-likeness (QED) is 0.779. The highest BCUT2D eigenvalue weighted by atomic mass is 16.5. The van der Waals surface area contributed by atoms with Crippen LogP contribution in [0.2, 0.25) is 0 Å². The molecule has 2 heterocycles. The van der Waals surface area contributed by atoms with Crippen molar-refractivity contribution in [3.05, 3.63) is 24.2 Å². The minimum atomic E-state index is -0.776. The van der Waals surface area contributed by atoms with Crippen LogP contribution in [-0.2, 0) is 16.1 Å². The lowest BCUT2D eigenvalue weighted by Crippen LogP contribution is -2.56. The Morgan fingerprint density at radius 1 is 1.50 bits per heavy atom. The highest BCUT2D eigenvalue weighted by Gasteiger charge is 2.35. The molecule has 3 N–H and O–H groups in total. The normalized spacial score (nSPS) is 19.3. The van der Waals surface area contributed by atoms with Gasteiger partial charge in [-0.05, 0) is 18.9 Å². The molecule has 0 aromatic carbocycles. The molecule has 0 saturated carbocycles. The van der Waals surface area contributed by atoms with Gasteiger partial charge in [-0.25, -0.2) is 0 Å². The van der Waals surface area contributed by atoms with E-state index in [2.05, 4.69) is 5.32 Å². The Kier molecular flexibility index (Phi) is 3.26. The zero-order valence-electron chi connectivity index (χ0n) is 9.07. The Labute approximate surface area is 93.9 Å². The molecule has 0 spiro atoms. The second-order valence-corrected chi connectivity index (χ2v) is 4.08. The summed E-state index contributed by atoms with van der Waals surface area (Å²) < 4.78 is 10.1. The maximum Gasteiger partial charge on any atom is 0.240 e. The van der Waals surface area contributed by atoms with Gasteiger partial charge in [0, 0.05) is 25.3 Å². The molecular weight excluding hydrogens is 208 g/mol. The van der Waals surface area contributed by atoms with E-state index in [-0.39, 0.29) is 5.91 Å². The predicted molar refractivity (Wildman–Crippen MR) is 57.5 cm³/mol. The van der Waals surface area contributed by atoms with Crippen LogP contribution in [0.25, 0.3) is 0 Å². The van der Waals surface area contributed by atoms with Gasteiger partial charge < -0.3 is 20.2 Å². The first-order valence-corrected chi connectivity index (χ1v) is 5.37. The van der Waals surface area contributed by atoms with Crippen molar-refractivity contribution in [2.24, 2.45) is 5.73 Å². The lowest BCUT2D eigenvalue weighted by molar-refractivity contribution is -0.129. The number of ether oxygens (including phenoxy) is 1. The van der Waals surface area contributed by atoms with E-state index >= 15 is 0 Å². The molecule has 1 aromatic heterocycles. The highest BCUT2D eigenvalue weighted by Crippen LogP contribution is 2.17. The SMILES string of the molecule is NC1(C(=O)NCc2ccoc2)CCOCC1. The van der Waals surface area contributed by atoms with Gasteiger partial charge in [0.15, 0.2) is 0 Å². The Morgan fingerprint density at radius 2 is 2.25 bits per heavy atom. The van der Waals surface area contributed by atoms with Crippen molar-refractivity contribution in [1.82, 2.24) is 5.32 Å². The minimum absolute atomic E-state index is 0.114. The number of amides is 1. The maximum atomic E-state index is 11.9. The second kappa shape index (κ2) is 4.67. The van der Waals surface area contributed by atoms with Crippen LogP contribution in [0.5, 0.6) is 0 Å². The fourth-order valence-corrected chi connectivity index (χ4v) is 1.71. The Morgan fingerprint density at radius 3 is 2.88 bits per heavy atom. The molecule has 2 rings (SSSR count). The maximum absolute atomic E-state index is 11.9. The monoisotopic (exact) mass is 224 g/mol. The summed E-state index contributed by atoms with van der Waals surface area (Å²) in [6, 6.07) is 1.81. The molecule has 5 heteroatoms. The van der Waals surface area contributed by atoms with Crippen molar-refractivity contribution >= 4 is 5.91 Å². The Balaban J connectivity index is 1.87. The zero-order valence-corrected chi connectivity index (χ0v) is 9.07. The van der Waals surface area contributed by atoms with Gasteiger partial charge in [0.25, 0.3) is 0 Å². The summed E-state index contributed by atoms with van der Waals surface area (Å²) in [5.41, 5.74) is 6.19. The molecule has 0 unspecified atom stereocenters. The molecule has 1 amide bonds. The van der Waals surface area contributed by atoms with Crippen LogP contribution >= 0.6 is 0 Å². The number of carbonyl (C=O) groups is 1. The van der Waals surface area contributed by atoms with Crippen molar-refractivity contribution in [2.75, 3.05) is 13.2 Å². The van der Waals surface area contributed by atoms with Gasteiger partial charge in [0.2, 0.25) is 5.91 Å². The lowest BCUT2D eigenvalue weighted by atomic mass is 9.90. The molecule has 0 atom stereocenters. The average Bonchev–Trinajstić information content (AvgIpc) is 2.79. The van der Waals surface area contributed by atoms with Gasteiger partial charge in [-0.15, -0.1) is 0 Å². The third-order valence-corrected chi connectivity index (χ3v) is 2.87. The number of rotatable bonds is 3. The van der Waals surface area contributed by atoms with Crippen LogP contribution in [-0.4, -0.2) is 24.7 Å². The zero-order chi connectivity index (χ0) is 11.4. The molecule has 0 radical (unpaired) electrons. The third kappa shape index (κ3) is 2.43. The van der Waals surface area contributed by atoms with Gasteiger partial charge >= 0.3 is 0 Å². The van der Waals surface area contributed by atoms with E-state index < -0.39 is 5.54 Å². The fraction of sp³-hybridized carbons (Fsp3) is 0.545. The van der Waals surface area contributed by atoms with Gasteiger partial charge in [-0.2, -0.15) is 0 Å². The number of hydrogen-bond acceptors (Lipinski definition) is 4. The van der Waals surface area contributed by atoms with Gasteiger partial charge in [0.1, 0.15) is 0 Å². The second-order valence-electron chi connectivity index (χ2n) is 4.08. The molecule has 1 aromatic rings. The topological polar surface area (TPSA) is 77.5 Å². The van der Waals surface area contributed by atoms with Crippen molar-refractivity contribution in [3.63, 3.8) is 0 Å². The molecule has 88 valence electrons. The molecule has 0 aliphatic carbocycles. The molecule has 1 aliphatic heterocycles. The Hall–Kier alpha value is -1.33. The molecule has 1 saturated heterocycles. The first kappa shape index (κ1) is 11.2. The van der Waals surface area contributed by atoms with Crippen molar-refractivity contribution in [2.45, 2.75) is 24.9 Å². The van der Waals surface area contributed by atoms with E-state index in [0.717, 1.165) is 5.56 Å². The van der Waals surface area contributed by atoms with Crippen LogP contribution in [0.1, 0.15) is 18.4 Å². The third-order valence-electron chi connectivity index (χ3n) is 2.87. The van der Waals surface area contributed by atoms with Crippen LogP contribution in [0.3, 0.4) is 0 Å². The molecule has 16 heavy (non-hydrogen) atoms. The molecule has 5 nitrogen and oxygen atoms in total. The minimum Gasteiger partial charge on any atom is -0.472 e. The summed E-state index contributed by atoms with van der Waals surface area (Å²) >= 11 is 0.